The first-order valence-electron chi connectivity index (χ1n) is 8.15. The number of rotatable bonds is 2. The highest BCUT2D eigenvalue weighted by Gasteiger charge is 2.22. The Kier molecular flexibility index (Phi) is 4.14. The SMILES string of the molecule is Cc1c(O)c(O)c(-c2ccc(C3C=CC(C)CC3)cc2)c(O)c1O. The Morgan fingerprint density at radius 1 is 0.792 bits per heavy atom. The number of allylic oxidation sites excluding steroid dienone is 2. The van der Waals surface area contributed by atoms with Gasteiger partial charge in [-0.05, 0) is 36.8 Å². The van der Waals surface area contributed by atoms with Crippen molar-refractivity contribution in [3.05, 3.63) is 47.5 Å². The number of aromatic hydroxyl groups is 4. The van der Waals surface area contributed by atoms with Gasteiger partial charge in [0.1, 0.15) is 0 Å². The summed E-state index contributed by atoms with van der Waals surface area (Å²) in [5.41, 5.74) is 1.79. The predicted molar refractivity (Wildman–Crippen MR) is 93.6 cm³/mol. The number of hydrogen-bond acceptors (Lipinski definition) is 4. The second-order valence-electron chi connectivity index (χ2n) is 6.56. The van der Waals surface area contributed by atoms with Crippen LogP contribution in [0.15, 0.2) is 36.4 Å². The molecule has 4 N–H and O–H groups in total. The quantitative estimate of drug-likeness (QED) is 0.371. The fourth-order valence-corrected chi connectivity index (χ4v) is 3.22. The molecule has 0 aromatic heterocycles. The van der Waals surface area contributed by atoms with Crippen LogP contribution in [-0.2, 0) is 0 Å². The summed E-state index contributed by atoms with van der Waals surface area (Å²) in [6, 6.07) is 7.47. The van der Waals surface area contributed by atoms with Crippen LogP contribution >= 0.6 is 0 Å². The first kappa shape index (κ1) is 16.2. The first-order valence-corrected chi connectivity index (χ1v) is 8.15. The Hall–Kier alpha value is -2.62. The van der Waals surface area contributed by atoms with Crippen LogP contribution in [0.25, 0.3) is 11.1 Å². The van der Waals surface area contributed by atoms with Gasteiger partial charge in [-0.2, -0.15) is 0 Å². The van der Waals surface area contributed by atoms with Crippen LogP contribution in [0, 0.1) is 12.8 Å². The fourth-order valence-electron chi connectivity index (χ4n) is 3.22. The van der Waals surface area contributed by atoms with Gasteiger partial charge >= 0.3 is 0 Å². The van der Waals surface area contributed by atoms with Gasteiger partial charge in [-0.3, -0.25) is 0 Å². The highest BCUT2D eigenvalue weighted by molar-refractivity contribution is 5.83. The summed E-state index contributed by atoms with van der Waals surface area (Å²) in [6.45, 7) is 3.63. The Morgan fingerprint density at radius 2 is 1.38 bits per heavy atom. The van der Waals surface area contributed by atoms with Gasteiger partial charge in [-0.15, -0.1) is 0 Å². The lowest BCUT2D eigenvalue weighted by Crippen LogP contribution is -2.04. The van der Waals surface area contributed by atoms with Gasteiger partial charge in [0, 0.05) is 11.5 Å². The molecule has 0 heterocycles. The minimum Gasteiger partial charge on any atom is -0.504 e. The van der Waals surface area contributed by atoms with E-state index in [-0.39, 0.29) is 11.1 Å². The molecule has 0 amide bonds. The summed E-state index contributed by atoms with van der Waals surface area (Å²) in [5, 5.41) is 40.1. The van der Waals surface area contributed by atoms with Crippen LogP contribution in [0.3, 0.4) is 0 Å². The Bertz CT molecular complexity index is 761. The zero-order valence-corrected chi connectivity index (χ0v) is 13.8. The molecule has 3 rings (SSSR count). The minimum absolute atomic E-state index is 0.0370. The van der Waals surface area contributed by atoms with Gasteiger partial charge < -0.3 is 20.4 Å². The third kappa shape index (κ3) is 2.68. The summed E-state index contributed by atoms with van der Waals surface area (Å²) in [4.78, 5) is 0. The predicted octanol–water partition coefficient (Wildman–Crippen LogP) is 4.55. The van der Waals surface area contributed by atoms with Gasteiger partial charge in [0.25, 0.3) is 0 Å². The zero-order valence-electron chi connectivity index (χ0n) is 13.8. The van der Waals surface area contributed by atoms with Crippen molar-refractivity contribution in [2.45, 2.75) is 32.6 Å². The monoisotopic (exact) mass is 326 g/mol. The molecule has 24 heavy (non-hydrogen) atoms. The zero-order chi connectivity index (χ0) is 17.4. The van der Waals surface area contributed by atoms with E-state index in [0.717, 1.165) is 12.8 Å². The molecule has 0 bridgehead atoms. The van der Waals surface area contributed by atoms with Crippen LogP contribution in [0.1, 0.15) is 36.8 Å². The molecule has 1 aliphatic rings. The van der Waals surface area contributed by atoms with E-state index in [1.165, 1.54) is 12.5 Å². The van der Waals surface area contributed by atoms with Crippen molar-refractivity contribution >= 4 is 0 Å². The van der Waals surface area contributed by atoms with E-state index in [2.05, 4.69) is 19.1 Å². The van der Waals surface area contributed by atoms with Gasteiger partial charge in [0.05, 0.1) is 5.56 Å². The average molecular weight is 326 g/mol. The van der Waals surface area contributed by atoms with Crippen molar-refractivity contribution in [1.82, 2.24) is 0 Å². The maximum absolute atomic E-state index is 10.2. The first-order chi connectivity index (χ1) is 11.4. The van der Waals surface area contributed by atoms with Crippen LogP contribution in [0.4, 0.5) is 0 Å². The fraction of sp³-hybridized carbons (Fsp3) is 0.300. The average Bonchev–Trinajstić information content (AvgIpc) is 2.60. The topological polar surface area (TPSA) is 80.9 Å². The largest absolute Gasteiger partial charge is 0.504 e. The van der Waals surface area contributed by atoms with Crippen molar-refractivity contribution in [3.63, 3.8) is 0 Å². The van der Waals surface area contributed by atoms with Crippen LogP contribution in [0.5, 0.6) is 23.0 Å². The number of benzene rings is 2. The smallest absolute Gasteiger partial charge is 0.169 e. The van der Waals surface area contributed by atoms with Crippen molar-refractivity contribution in [1.29, 1.82) is 0 Å². The summed E-state index contributed by atoms with van der Waals surface area (Å²) in [5.74, 6) is -0.712. The molecule has 0 saturated heterocycles. The van der Waals surface area contributed by atoms with Gasteiger partial charge in [-0.25, -0.2) is 0 Å². The molecule has 126 valence electrons. The summed E-state index contributed by atoms with van der Waals surface area (Å²) < 4.78 is 0. The van der Waals surface area contributed by atoms with E-state index in [1.807, 2.05) is 12.1 Å². The normalized spacial score (nSPS) is 20.2. The lowest BCUT2D eigenvalue weighted by molar-refractivity contribution is 0.371. The third-order valence-corrected chi connectivity index (χ3v) is 4.87. The molecule has 4 nitrogen and oxygen atoms in total. The summed E-state index contributed by atoms with van der Waals surface area (Å²) >= 11 is 0. The number of phenols is 4. The minimum atomic E-state index is -0.429. The van der Waals surface area contributed by atoms with Crippen LogP contribution < -0.4 is 0 Å². The molecule has 2 aromatic rings. The van der Waals surface area contributed by atoms with Gasteiger partial charge in [-0.1, -0.05) is 43.3 Å². The molecule has 0 saturated carbocycles. The Balaban J connectivity index is 1.99. The van der Waals surface area contributed by atoms with Crippen LogP contribution in [-0.4, -0.2) is 20.4 Å². The lowest BCUT2D eigenvalue weighted by Gasteiger charge is -2.21. The standard InChI is InChI=1S/C20H22O4/c1-11-3-5-13(6-4-11)14-7-9-15(10-8-14)16-19(23)17(21)12(2)18(22)20(16)24/h3,5,7-11,13,21-24H,4,6H2,1-2H3. The molecular formula is C20H22O4. The third-order valence-electron chi connectivity index (χ3n) is 4.87. The van der Waals surface area contributed by atoms with E-state index in [4.69, 9.17) is 0 Å². The molecule has 1 aliphatic carbocycles. The molecule has 2 atom stereocenters. The second-order valence-corrected chi connectivity index (χ2v) is 6.56. The lowest BCUT2D eigenvalue weighted by atomic mass is 9.84. The molecule has 0 spiro atoms. The highest BCUT2D eigenvalue weighted by Crippen LogP contribution is 2.50. The van der Waals surface area contributed by atoms with Gasteiger partial charge in [0.2, 0.25) is 0 Å². The molecule has 2 aromatic carbocycles. The van der Waals surface area contributed by atoms with E-state index < -0.39 is 23.0 Å². The van der Waals surface area contributed by atoms with E-state index in [9.17, 15) is 20.4 Å². The number of hydrogen-bond donors (Lipinski definition) is 4. The molecular weight excluding hydrogens is 304 g/mol. The molecule has 2 unspecified atom stereocenters. The van der Waals surface area contributed by atoms with Crippen molar-refractivity contribution in [3.8, 4) is 34.1 Å². The van der Waals surface area contributed by atoms with E-state index in [0.29, 0.717) is 17.4 Å². The Labute approximate surface area is 141 Å². The summed E-state index contributed by atoms with van der Waals surface area (Å²) in [7, 11) is 0. The van der Waals surface area contributed by atoms with Crippen molar-refractivity contribution in [2.24, 2.45) is 5.92 Å². The molecule has 4 heteroatoms. The molecule has 0 fully saturated rings. The van der Waals surface area contributed by atoms with Crippen molar-refractivity contribution < 1.29 is 20.4 Å². The maximum Gasteiger partial charge on any atom is 0.169 e. The van der Waals surface area contributed by atoms with E-state index >= 15 is 0 Å². The van der Waals surface area contributed by atoms with Gasteiger partial charge in [0.15, 0.2) is 23.0 Å². The van der Waals surface area contributed by atoms with Crippen molar-refractivity contribution in [2.75, 3.05) is 0 Å². The highest BCUT2D eigenvalue weighted by atomic mass is 16.3. The number of phenolic OH excluding ortho intramolecular Hbond substituents is 4. The molecule has 0 aliphatic heterocycles. The molecule has 0 radical (unpaired) electrons. The second kappa shape index (κ2) is 6.11. The maximum atomic E-state index is 10.2. The van der Waals surface area contributed by atoms with Crippen LogP contribution in [0.2, 0.25) is 0 Å². The van der Waals surface area contributed by atoms with E-state index in [1.54, 1.807) is 12.1 Å². The Morgan fingerprint density at radius 3 is 1.88 bits per heavy atom. The summed E-state index contributed by atoms with van der Waals surface area (Å²) in [6.07, 6.45) is 6.71.